The Kier molecular flexibility index (Phi) is 10.4. The smallest absolute Gasteiger partial charge is 0.450 e. The van der Waals surface area contributed by atoms with E-state index >= 15 is 0 Å². The first-order chi connectivity index (χ1) is 5.86. The predicted molar refractivity (Wildman–Crippen MR) is 46.9 cm³/mol. The standard InChI is InChI=1S/C6H15NO2.CH2O3/c1-5(8)3-7-4-6(2)9;2-1(3)4/h5-9H,3-4H2,1-2H3;(H2,2,3,4). The molecular weight excluding hydrogens is 178 g/mol. The Bertz CT molecular complexity index is 114. The van der Waals surface area contributed by atoms with Gasteiger partial charge in [-0.3, -0.25) is 0 Å². The zero-order valence-electron chi connectivity index (χ0n) is 7.77. The molecule has 0 aliphatic rings. The highest BCUT2D eigenvalue weighted by Gasteiger charge is 1.96. The van der Waals surface area contributed by atoms with E-state index < -0.39 is 6.16 Å². The van der Waals surface area contributed by atoms with Crippen LogP contribution in [0.2, 0.25) is 0 Å². The molecule has 0 rings (SSSR count). The van der Waals surface area contributed by atoms with E-state index in [9.17, 15) is 0 Å². The van der Waals surface area contributed by atoms with Crippen LogP contribution < -0.4 is 5.32 Å². The van der Waals surface area contributed by atoms with Gasteiger partial charge in [0, 0.05) is 13.1 Å². The molecular formula is C7H17NO5. The van der Waals surface area contributed by atoms with Gasteiger partial charge in [0.2, 0.25) is 0 Å². The molecule has 6 heteroatoms. The molecule has 0 aromatic rings. The minimum absolute atomic E-state index is 0.330. The molecule has 0 aliphatic carbocycles. The van der Waals surface area contributed by atoms with E-state index in [1.54, 1.807) is 13.8 Å². The predicted octanol–water partition coefficient (Wildman–Crippen LogP) is -0.440. The SMILES string of the molecule is CC(O)CNCC(C)O.O=C(O)O. The van der Waals surface area contributed by atoms with Gasteiger partial charge in [-0.1, -0.05) is 0 Å². The number of aliphatic hydroxyl groups excluding tert-OH is 2. The monoisotopic (exact) mass is 195 g/mol. The number of rotatable bonds is 4. The van der Waals surface area contributed by atoms with Crippen LogP contribution in [-0.2, 0) is 0 Å². The maximum Gasteiger partial charge on any atom is 0.503 e. The Morgan fingerprint density at radius 1 is 1.15 bits per heavy atom. The van der Waals surface area contributed by atoms with Gasteiger partial charge in [0.05, 0.1) is 12.2 Å². The summed E-state index contributed by atoms with van der Waals surface area (Å²) >= 11 is 0. The molecule has 0 fully saturated rings. The lowest BCUT2D eigenvalue weighted by Crippen LogP contribution is -2.30. The van der Waals surface area contributed by atoms with Crippen LogP contribution in [0.4, 0.5) is 4.79 Å². The highest BCUT2D eigenvalue weighted by molar-refractivity contribution is 5.53. The maximum absolute atomic E-state index is 8.72. The third-order valence-corrected chi connectivity index (χ3v) is 0.879. The summed E-state index contributed by atoms with van der Waals surface area (Å²) < 4.78 is 0. The summed E-state index contributed by atoms with van der Waals surface area (Å²) in [4.78, 5) is 8.56. The average molecular weight is 195 g/mol. The van der Waals surface area contributed by atoms with E-state index in [1.165, 1.54) is 0 Å². The first-order valence-corrected chi connectivity index (χ1v) is 3.85. The fourth-order valence-corrected chi connectivity index (χ4v) is 0.501. The molecule has 2 unspecified atom stereocenters. The van der Waals surface area contributed by atoms with Gasteiger partial charge < -0.3 is 25.7 Å². The molecule has 0 heterocycles. The lowest BCUT2D eigenvalue weighted by Gasteiger charge is -2.07. The van der Waals surface area contributed by atoms with Crippen LogP contribution in [0.3, 0.4) is 0 Å². The second-order valence-corrected chi connectivity index (χ2v) is 2.64. The van der Waals surface area contributed by atoms with E-state index in [-0.39, 0.29) is 12.2 Å². The molecule has 2 atom stereocenters. The molecule has 0 radical (unpaired) electrons. The summed E-state index contributed by atoms with van der Waals surface area (Å²) in [5.74, 6) is 0. The number of hydrogen-bond acceptors (Lipinski definition) is 4. The second-order valence-electron chi connectivity index (χ2n) is 2.64. The molecule has 0 saturated carbocycles. The summed E-state index contributed by atoms with van der Waals surface area (Å²) in [5.41, 5.74) is 0. The Morgan fingerprint density at radius 3 is 1.54 bits per heavy atom. The molecule has 0 aromatic heterocycles. The fraction of sp³-hybridized carbons (Fsp3) is 0.857. The zero-order chi connectivity index (χ0) is 10.9. The van der Waals surface area contributed by atoms with Crippen LogP contribution in [0.15, 0.2) is 0 Å². The number of carboxylic acid groups (broad SMARTS) is 2. The molecule has 0 bridgehead atoms. The normalized spacial score (nSPS) is 13.8. The minimum Gasteiger partial charge on any atom is -0.450 e. The van der Waals surface area contributed by atoms with E-state index in [4.69, 9.17) is 25.2 Å². The minimum atomic E-state index is -1.83. The summed E-state index contributed by atoms with van der Waals surface area (Å²) in [6.07, 6.45) is -2.49. The van der Waals surface area contributed by atoms with Crippen molar-refractivity contribution in [3.63, 3.8) is 0 Å². The lowest BCUT2D eigenvalue weighted by atomic mass is 10.3. The van der Waals surface area contributed by atoms with Crippen LogP contribution in [0.25, 0.3) is 0 Å². The van der Waals surface area contributed by atoms with E-state index in [0.29, 0.717) is 13.1 Å². The summed E-state index contributed by atoms with van der Waals surface area (Å²) in [7, 11) is 0. The number of hydrogen-bond donors (Lipinski definition) is 5. The lowest BCUT2D eigenvalue weighted by molar-refractivity contribution is 0.137. The second kappa shape index (κ2) is 9.24. The summed E-state index contributed by atoms with van der Waals surface area (Å²) in [6, 6.07) is 0. The van der Waals surface area contributed by atoms with Crippen molar-refractivity contribution in [2.45, 2.75) is 26.1 Å². The van der Waals surface area contributed by atoms with Crippen LogP contribution in [-0.4, -0.2) is 51.9 Å². The highest BCUT2D eigenvalue weighted by Crippen LogP contribution is 1.77. The van der Waals surface area contributed by atoms with Crippen LogP contribution in [0.1, 0.15) is 13.8 Å². The molecule has 5 N–H and O–H groups in total. The molecule has 0 spiro atoms. The molecule has 0 aliphatic heterocycles. The Labute approximate surface area is 76.8 Å². The zero-order valence-corrected chi connectivity index (χ0v) is 7.77. The maximum atomic E-state index is 8.72. The van der Waals surface area contributed by atoms with Crippen molar-refractivity contribution in [3.8, 4) is 0 Å². The van der Waals surface area contributed by atoms with Gasteiger partial charge in [-0.05, 0) is 13.8 Å². The van der Waals surface area contributed by atoms with Crippen molar-refractivity contribution in [1.29, 1.82) is 0 Å². The van der Waals surface area contributed by atoms with Crippen LogP contribution in [0.5, 0.6) is 0 Å². The van der Waals surface area contributed by atoms with E-state index in [2.05, 4.69) is 5.32 Å². The van der Waals surface area contributed by atoms with Crippen molar-refractivity contribution < 1.29 is 25.2 Å². The molecule has 13 heavy (non-hydrogen) atoms. The van der Waals surface area contributed by atoms with Gasteiger partial charge >= 0.3 is 6.16 Å². The van der Waals surface area contributed by atoms with Crippen molar-refractivity contribution in [1.82, 2.24) is 5.32 Å². The molecule has 6 nitrogen and oxygen atoms in total. The van der Waals surface area contributed by atoms with Gasteiger partial charge in [0.15, 0.2) is 0 Å². The average Bonchev–Trinajstić information content (AvgIpc) is 1.83. The molecule has 0 saturated heterocycles. The Morgan fingerprint density at radius 2 is 1.38 bits per heavy atom. The fourth-order valence-electron chi connectivity index (χ4n) is 0.501. The Balaban J connectivity index is 0. The van der Waals surface area contributed by atoms with Gasteiger partial charge in [-0.2, -0.15) is 0 Å². The number of aliphatic hydroxyl groups is 2. The molecule has 80 valence electrons. The largest absolute Gasteiger partial charge is 0.503 e. The first kappa shape index (κ1) is 14.7. The third kappa shape index (κ3) is 35.2. The van der Waals surface area contributed by atoms with Crippen molar-refractivity contribution in [3.05, 3.63) is 0 Å². The van der Waals surface area contributed by atoms with Gasteiger partial charge in [0.1, 0.15) is 0 Å². The van der Waals surface area contributed by atoms with Gasteiger partial charge in [0.25, 0.3) is 0 Å². The molecule has 0 aromatic carbocycles. The van der Waals surface area contributed by atoms with Gasteiger partial charge in [-0.25, -0.2) is 4.79 Å². The third-order valence-electron chi connectivity index (χ3n) is 0.879. The number of carbonyl (C=O) groups is 1. The summed E-state index contributed by atoms with van der Waals surface area (Å²) in [6.45, 7) is 4.50. The topological polar surface area (TPSA) is 110 Å². The van der Waals surface area contributed by atoms with E-state index in [0.717, 1.165) is 0 Å². The Hall–Kier alpha value is -0.850. The van der Waals surface area contributed by atoms with E-state index in [1.807, 2.05) is 0 Å². The quantitative estimate of drug-likeness (QED) is 0.416. The van der Waals surface area contributed by atoms with Gasteiger partial charge in [-0.15, -0.1) is 0 Å². The van der Waals surface area contributed by atoms with Crippen molar-refractivity contribution >= 4 is 6.16 Å². The van der Waals surface area contributed by atoms with Crippen molar-refractivity contribution in [2.24, 2.45) is 0 Å². The number of nitrogens with one attached hydrogen (secondary N) is 1. The highest BCUT2D eigenvalue weighted by atomic mass is 16.6. The van der Waals surface area contributed by atoms with Crippen LogP contribution >= 0.6 is 0 Å². The van der Waals surface area contributed by atoms with Crippen LogP contribution in [0, 0.1) is 0 Å². The van der Waals surface area contributed by atoms with Crippen molar-refractivity contribution in [2.75, 3.05) is 13.1 Å². The summed E-state index contributed by atoms with van der Waals surface area (Å²) in [5, 5.41) is 34.3. The molecule has 0 amide bonds. The first-order valence-electron chi connectivity index (χ1n) is 3.85.